The van der Waals surface area contributed by atoms with Crippen LogP contribution in [-0.4, -0.2) is 30.0 Å². The number of aromatic nitrogens is 1. The van der Waals surface area contributed by atoms with Gasteiger partial charge in [-0.25, -0.2) is 4.98 Å². The lowest BCUT2D eigenvalue weighted by Crippen LogP contribution is -2.54. The maximum Gasteiger partial charge on any atom is 0.242 e. The van der Waals surface area contributed by atoms with Crippen molar-refractivity contribution < 1.29 is 4.79 Å². The second-order valence-electron chi connectivity index (χ2n) is 4.07. The maximum absolute atomic E-state index is 11.6. The van der Waals surface area contributed by atoms with Crippen LogP contribution in [-0.2, 0) is 4.79 Å². The molecular weight excluding hydrogens is 204 g/mol. The third kappa shape index (κ3) is 1.80. The fourth-order valence-electron chi connectivity index (χ4n) is 1.96. The number of nitrogens with two attached hydrogens (primary N) is 1. The van der Waals surface area contributed by atoms with Crippen LogP contribution in [0.5, 0.6) is 0 Å². The molecule has 2 rings (SSSR count). The molecule has 2 heterocycles. The maximum atomic E-state index is 11.6. The van der Waals surface area contributed by atoms with Gasteiger partial charge in [0.05, 0.1) is 11.9 Å². The van der Waals surface area contributed by atoms with Gasteiger partial charge in [0.15, 0.2) is 0 Å². The molecule has 5 heteroatoms. The van der Waals surface area contributed by atoms with Crippen molar-refractivity contribution in [1.29, 1.82) is 0 Å². The minimum absolute atomic E-state index is 0.0456. The molecule has 0 aromatic carbocycles. The molecule has 1 unspecified atom stereocenters. The predicted molar refractivity (Wildman–Crippen MR) is 63.2 cm³/mol. The molecular formula is C11H16N4O. The van der Waals surface area contributed by atoms with E-state index in [0.29, 0.717) is 12.2 Å². The zero-order chi connectivity index (χ0) is 11.7. The highest BCUT2D eigenvalue weighted by atomic mass is 16.2. The van der Waals surface area contributed by atoms with Crippen molar-refractivity contribution in [2.75, 3.05) is 23.7 Å². The molecule has 86 valence electrons. The van der Waals surface area contributed by atoms with E-state index in [1.54, 1.807) is 6.20 Å². The number of hydrogen-bond donors (Lipinski definition) is 2. The molecule has 0 radical (unpaired) electrons. The standard InChI is InChI=1S/C11H16N4O/c1-7-5-9(12)6-14-10(7)15-4-3-13-11(16)8(15)2/h5-6,8H,3-4,12H2,1-2H3,(H,13,16). The lowest BCUT2D eigenvalue weighted by molar-refractivity contribution is -0.122. The first kappa shape index (κ1) is 10.7. The molecule has 1 atom stereocenters. The van der Waals surface area contributed by atoms with Crippen LogP contribution in [0.3, 0.4) is 0 Å². The molecule has 1 aliphatic rings. The van der Waals surface area contributed by atoms with Crippen LogP contribution in [0.4, 0.5) is 11.5 Å². The van der Waals surface area contributed by atoms with E-state index in [1.807, 2.05) is 24.8 Å². The van der Waals surface area contributed by atoms with Crippen molar-refractivity contribution in [1.82, 2.24) is 10.3 Å². The zero-order valence-electron chi connectivity index (χ0n) is 9.53. The van der Waals surface area contributed by atoms with Gasteiger partial charge >= 0.3 is 0 Å². The quantitative estimate of drug-likeness (QED) is 0.714. The summed E-state index contributed by atoms with van der Waals surface area (Å²) in [7, 11) is 0. The number of nitrogens with zero attached hydrogens (tertiary/aromatic N) is 2. The summed E-state index contributed by atoms with van der Waals surface area (Å²) in [6, 6.07) is 1.70. The summed E-state index contributed by atoms with van der Waals surface area (Å²) < 4.78 is 0. The Hall–Kier alpha value is -1.78. The van der Waals surface area contributed by atoms with E-state index < -0.39 is 0 Å². The molecule has 1 saturated heterocycles. The molecule has 0 bridgehead atoms. The van der Waals surface area contributed by atoms with E-state index in [4.69, 9.17) is 5.73 Å². The molecule has 0 aliphatic carbocycles. The summed E-state index contributed by atoms with van der Waals surface area (Å²) in [6.45, 7) is 5.28. The van der Waals surface area contributed by atoms with Gasteiger partial charge in [-0.05, 0) is 25.5 Å². The number of hydrogen-bond acceptors (Lipinski definition) is 4. The second kappa shape index (κ2) is 4.00. The Morgan fingerprint density at radius 1 is 1.62 bits per heavy atom. The van der Waals surface area contributed by atoms with Crippen LogP contribution in [0.25, 0.3) is 0 Å². The fourth-order valence-corrected chi connectivity index (χ4v) is 1.96. The Balaban J connectivity index is 2.32. The molecule has 1 aromatic heterocycles. The number of pyridine rings is 1. The predicted octanol–water partition coefficient (Wildman–Crippen LogP) is 0.297. The summed E-state index contributed by atoms with van der Waals surface area (Å²) in [6.07, 6.45) is 1.63. The van der Waals surface area contributed by atoms with Crippen molar-refractivity contribution in [3.05, 3.63) is 17.8 Å². The van der Waals surface area contributed by atoms with Gasteiger partial charge < -0.3 is 16.0 Å². The monoisotopic (exact) mass is 220 g/mol. The van der Waals surface area contributed by atoms with E-state index in [2.05, 4.69) is 10.3 Å². The number of nitrogen functional groups attached to an aromatic ring is 1. The highest BCUT2D eigenvalue weighted by molar-refractivity contribution is 5.86. The lowest BCUT2D eigenvalue weighted by Gasteiger charge is -2.34. The summed E-state index contributed by atoms with van der Waals surface area (Å²) in [4.78, 5) is 17.9. The van der Waals surface area contributed by atoms with Gasteiger partial charge in [0.25, 0.3) is 0 Å². The van der Waals surface area contributed by atoms with E-state index in [1.165, 1.54) is 0 Å². The van der Waals surface area contributed by atoms with Gasteiger partial charge in [0.2, 0.25) is 5.91 Å². The molecule has 3 N–H and O–H groups in total. The second-order valence-corrected chi connectivity index (χ2v) is 4.07. The van der Waals surface area contributed by atoms with E-state index in [9.17, 15) is 4.79 Å². The number of carbonyl (C=O) groups is 1. The summed E-state index contributed by atoms with van der Waals surface area (Å²) in [5.74, 6) is 0.890. The highest BCUT2D eigenvalue weighted by Gasteiger charge is 2.27. The zero-order valence-corrected chi connectivity index (χ0v) is 9.53. The molecule has 5 nitrogen and oxygen atoms in total. The molecule has 0 spiro atoms. The van der Waals surface area contributed by atoms with E-state index in [-0.39, 0.29) is 11.9 Å². The fraction of sp³-hybridized carbons (Fsp3) is 0.455. The van der Waals surface area contributed by atoms with Crippen molar-refractivity contribution in [3.8, 4) is 0 Å². The molecule has 16 heavy (non-hydrogen) atoms. The Morgan fingerprint density at radius 2 is 2.38 bits per heavy atom. The molecule has 1 aliphatic heterocycles. The van der Waals surface area contributed by atoms with Gasteiger partial charge in [-0.2, -0.15) is 0 Å². The average molecular weight is 220 g/mol. The van der Waals surface area contributed by atoms with Crippen LogP contribution in [0.15, 0.2) is 12.3 Å². The third-order valence-electron chi connectivity index (χ3n) is 2.84. The number of aryl methyl sites for hydroxylation is 1. The molecule has 1 amide bonds. The van der Waals surface area contributed by atoms with Gasteiger partial charge in [-0.15, -0.1) is 0 Å². The summed E-state index contributed by atoms with van der Waals surface area (Å²) in [5.41, 5.74) is 7.31. The van der Waals surface area contributed by atoms with Gasteiger partial charge in [-0.3, -0.25) is 4.79 Å². The summed E-state index contributed by atoms with van der Waals surface area (Å²) >= 11 is 0. The first-order valence-electron chi connectivity index (χ1n) is 5.36. The van der Waals surface area contributed by atoms with Crippen molar-refractivity contribution in [2.24, 2.45) is 0 Å². The van der Waals surface area contributed by atoms with Crippen LogP contribution < -0.4 is 16.0 Å². The first-order chi connectivity index (χ1) is 7.59. The van der Waals surface area contributed by atoms with Crippen LogP contribution in [0, 0.1) is 6.92 Å². The van der Waals surface area contributed by atoms with Crippen LogP contribution in [0.1, 0.15) is 12.5 Å². The van der Waals surface area contributed by atoms with E-state index in [0.717, 1.165) is 17.9 Å². The minimum atomic E-state index is -0.177. The van der Waals surface area contributed by atoms with E-state index >= 15 is 0 Å². The summed E-state index contributed by atoms with van der Waals surface area (Å²) in [5, 5.41) is 2.83. The van der Waals surface area contributed by atoms with Crippen molar-refractivity contribution >= 4 is 17.4 Å². The number of carbonyl (C=O) groups excluding carboxylic acids is 1. The van der Waals surface area contributed by atoms with Gasteiger partial charge in [-0.1, -0.05) is 0 Å². The van der Waals surface area contributed by atoms with Crippen molar-refractivity contribution in [2.45, 2.75) is 19.9 Å². The number of anilines is 2. The molecule has 1 aromatic rings. The number of amides is 1. The number of rotatable bonds is 1. The Morgan fingerprint density at radius 3 is 3.06 bits per heavy atom. The van der Waals surface area contributed by atoms with Crippen LogP contribution >= 0.6 is 0 Å². The average Bonchev–Trinajstić information content (AvgIpc) is 2.23. The van der Waals surface area contributed by atoms with Crippen molar-refractivity contribution in [3.63, 3.8) is 0 Å². The lowest BCUT2D eigenvalue weighted by atomic mass is 10.1. The minimum Gasteiger partial charge on any atom is -0.397 e. The molecule has 1 fully saturated rings. The van der Waals surface area contributed by atoms with Gasteiger partial charge in [0.1, 0.15) is 11.9 Å². The van der Waals surface area contributed by atoms with Crippen LogP contribution in [0.2, 0.25) is 0 Å². The molecule has 0 saturated carbocycles. The first-order valence-corrected chi connectivity index (χ1v) is 5.36. The topological polar surface area (TPSA) is 71.2 Å². The third-order valence-corrected chi connectivity index (χ3v) is 2.84. The Kier molecular flexibility index (Phi) is 2.68. The smallest absolute Gasteiger partial charge is 0.242 e. The SMILES string of the molecule is Cc1cc(N)cnc1N1CCNC(=O)C1C. The Labute approximate surface area is 94.6 Å². The normalized spacial score (nSPS) is 20.8. The van der Waals surface area contributed by atoms with Gasteiger partial charge in [0, 0.05) is 13.1 Å². The Bertz CT molecular complexity index is 418. The number of nitrogens with one attached hydrogen (secondary N) is 1. The number of piperazine rings is 1. The highest BCUT2D eigenvalue weighted by Crippen LogP contribution is 2.21. The largest absolute Gasteiger partial charge is 0.397 e.